The van der Waals surface area contributed by atoms with Crippen molar-refractivity contribution < 1.29 is 9.22 Å². The Morgan fingerprint density at radius 2 is 2.00 bits per heavy atom. The van der Waals surface area contributed by atoms with Crippen molar-refractivity contribution >= 4 is 0 Å². The van der Waals surface area contributed by atoms with Crippen LogP contribution in [0.2, 0.25) is 0 Å². The normalized spacial score (nSPS) is 12.4. The van der Waals surface area contributed by atoms with E-state index < -0.39 is 0 Å². The Bertz CT molecular complexity index is 119. The van der Waals surface area contributed by atoms with E-state index in [0.29, 0.717) is 0 Å². The summed E-state index contributed by atoms with van der Waals surface area (Å²) >= 11 is 0. The number of rotatable bonds is 5. The molecule has 0 aromatic rings. The minimum Gasteiger partial charge on any atom is -0.496 e. The zero-order chi connectivity index (χ0) is 8.74. The van der Waals surface area contributed by atoms with Gasteiger partial charge in [-0.1, -0.05) is 6.08 Å². The van der Waals surface area contributed by atoms with E-state index in [9.17, 15) is 0 Å². The Morgan fingerprint density at radius 1 is 1.36 bits per heavy atom. The van der Waals surface area contributed by atoms with E-state index in [0.717, 1.165) is 24.2 Å². The fourth-order valence-electron chi connectivity index (χ4n) is 0.622. The molecule has 0 radical (unpaired) electrons. The zero-order valence-corrected chi connectivity index (χ0v) is 8.13. The molecule has 0 aliphatic rings. The molecule has 0 heterocycles. The van der Waals surface area contributed by atoms with Crippen LogP contribution in [0.25, 0.3) is 0 Å². The molecule has 2 nitrogen and oxygen atoms in total. The van der Waals surface area contributed by atoms with Crippen LogP contribution < -0.4 is 0 Å². The Morgan fingerprint density at radius 3 is 2.45 bits per heavy atom. The second-order valence-corrected chi connectivity index (χ2v) is 3.32. The first-order valence-corrected chi connectivity index (χ1v) is 4.17. The third-order valence-corrected chi connectivity index (χ3v) is 1.90. The second kappa shape index (κ2) is 5.19. The molecule has 0 unspecified atom stereocenters. The van der Waals surface area contributed by atoms with E-state index in [2.05, 4.69) is 21.0 Å². The molecule has 0 amide bonds. The van der Waals surface area contributed by atoms with Gasteiger partial charge in [0.2, 0.25) is 0 Å². The minimum atomic E-state index is 0.811. The Kier molecular flexibility index (Phi) is 4.95. The Labute approximate surface area is 70.1 Å². The van der Waals surface area contributed by atoms with Gasteiger partial charge >= 0.3 is 0 Å². The molecule has 0 aliphatic carbocycles. The van der Waals surface area contributed by atoms with Gasteiger partial charge in [0.15, 0.2) is 0 Å². The second-order valence-electron chi connectivity index (χ2n) is 3.32. The molecule has 0 saturated carbocycles. The Balaban J connectivity index is 3.37. The van der Waals surface area contributed by atoms with Crippen molar-refractivity contribution in [3.8, 4) is 0 Å². The first kappa shape index (κ1) is 10.5. The third-order valence-electron chi connectivity index (χ3n) is 1.90. The number of allylic oxidation sites excluding steroid dienone is 1. The highest BCUT2D eigenvalue weighted by molar-refractivity contribution is 4.64. The summed E-state index contributed by atoms with van der Waals surface area (Å²) in [5.74, 6) is 0. The number of nitrogens with zero attached hydrogens (tertiary/aromatic N) is 1. The quantitative estimate of drug-likeness (QED) is 0.336. The molecule has 0 N–H and O–H groups in total. The lowest BCUT2D eigenvalue weighted by Crippen LogP contribution is -2.41. The van der Waals surface area contributed by atoms with E-state index in [1.807, 2.05) is 13.0 Å². The van der Waals surface area contributed by atoms with Gasteiger partial charge in [0.05, 0.1) is 26.9 Å². The fourth-order valence-corrected chi connectivity index (χ4v) is 0.622. The highest BCUT2D eigenvalue weighted by atomic mass is 16.5. The molecule has 11 heavy (non-hydrogen) atoms. The maximum absolute atomic E-state index is 5.22. The summed E-state index contributed by atoms with van der Waals surface area (Å²) in [4.78, 5) is 0. The summed E-state index contributed by atoms with van der Waals surface area (Å²) in [7, 11) is 4.41. The molecule has 0 aromatic carbocycles. The van der Waals surface area contributed by atoms with Crippen molar-refractivity contribution in [1.29, 1.82) is 0 Å². The predicted molar refractivity (Wildman–Crippen MR) is 48.3 cm³/mol. The van der Waals surface area contributed by atoms with Gasteiger partial charge < -0.3 is 9.22 Å². The molecule has 0 aromatic heterocycles. The lowest BCUT2D eigenvalue weighted by molar-refractivity contribution is -0.888. The van der Waals surface area contributed by atoms with Crippen molar-refractivity contribution in [1.82, 2.24) is 0 Å². The minimum absolute atomic E-state index is 0.811. The number of hydrogen-bond donors (Lipinski definition) is 0. The largest absolute Gasteiger partial charge is 0.496 e. The van der Waals surface area contributed by atoms with Crippen molar-refractivity contribution in [3.63, 3.8) is 0 Å². The van der Waals surface area contributed by atoms with Crippen molar-refractivity contribution in [3.05, 3.63) is 12.3 Å². The fraction of sp³-hybridized carbons (Fsp3) is 0.778. The van der Waals surface area contributed by atoms with Crippen LogP contribution in [0.1, 0.15) is 13.8 Å². The summed E-state index contributed by atoms with van der Waals surface area (Å²) in [5, 5.41) is 0. The molecule has 0 saturated heterocycles. The number of quaternary nitrogens is 1. The van der Waals surface area contributed by atoms with Crippen LogP contribution in [0.4, 0.5) is 0 Å². The van der Waals surface area contributed by atoms with Crippen LogP contribution in [0.3, 0.4) is 0 Å². The highest BCUT2D eigenvalue weighted by Gasteiger charge is 2.09. The summed E-state index contributed by atoms with van der Waals surface area (Å²) in [5.41, 5.74) is 0. The number of likely N-dealkylation sites (N-methyl/N-ethyl adjacent to an activating group) is 1. The van der Waals surface area contributed by atoms with Gasteiger partial charge in [0.1, 0.15) is 13.2 Å². The summed E-state index contributed by atoms with van der Waals surface area (Å²) in [6.45, 7) is 7.18. The van der Waals surface area contributed by atoms with E-state index in [4.69, 9.17) is 4.74 Å². The first-order valence-electron chi connectivity index (χ1n) is 4.17. The smallest absolute Gasteiger partial charge is 0.136 e. The molecule has 2 heteroatoms. The van der Waals surface area contributed by atoms with E-state index in [1.54, 1.807) is 6.26 Å². The molecule has 0 spiro atoms. The molecule has 66 valence electrons. The standard InChI is InChI=1S/C9H20NO/c1-5-8-11-9-7-10(3,4)6-2/h5,8H,6-7,9H2,1-4H3/q+1/b8-5+. The summed E-state index contributed by atoms with van der Waals surface area (Å²) in [6, 6.07) is 0. The maximum Gasteiger partial charge on any atom is 0.136 e. The van der Waals surface area contributed by atoms with Crippen molar-refractivity contribution in [2.45, 2.75) is 13.8 Å². The number of hydrogen-bond acceptors (Lipinski definition) is 1. The zero-order valence-electron chi connectivity index (χ0n) is 8.13. The molecule has 0 bridgehead atoms. The van der Waals surface area contributed by atoms with Gasteiger partial charge in [0, 0.05) is 0 Å². The molecular weight excluding hydrogens is 138 g/mol. The third kappa shape index (κ3) is 5.92. The van der Waals surface area contributed by atoms with Crippen LogP contribution in [0.5, 0.6) is 0 Å². The van der Waals surface area contributed by atoms with E-state index in [-0.39, 0.29) is 0 Å². The average Bonchev–Trinajstić information content (AvgIpc) is 1.99. The topological polar surface area (TPSA) is 9.23 Å². The van der Waals surface area contributed by atoms with E-state index in [1.165, 1.54) is 0 Å². The monoisotopic (exact) mass is 158 g/mol. The molecular formula is C9H20NO+. The van der Waals surface area contributed by atoms with Gasteiger partial charge in [-0.3, -0.25) is 0 Å². The van der Waals surface area contributed by atoms with Crippen LogP contribution in [0, 0.1) is 0 Å². The van der Waals surface area contributed by atoms with Gasteiger partial charge in [0.25, 0.3) is 0 Å². The van der Waals surface area contributed by atoms with Gasteiger partial charge in [-0.05, 0) is 13.8 Å². The SMILES string of the molecule is C/C=C/OCC[N+](C)(C)CC. The maximum atomic E-state index is 5.22. The summed E-state index contributed by atoms with van der Waals surface area (Å²) in [6.07, 6.45) is 3.65. The van der Waals surface area contributed by atoms with Crippen LogP contribution in [-0.2, 0) is 4.74 Å². The van der Waals surface area contributed by atoms with Crippen molar-refractivity contribution in [2.75, 3.05) is 33.8 Å². The van der Waals surface area contributed by atoms with Gasteiger partial charge in [-0.2, -0.15) is 0 Å². The first-order chi connectivity index (χ1) is 5.12. The summed E-state index contributed by atoms with van der Waals surface area (Å²) < 4.78 is 6.25. The molecule has 0 atom stereocenters. The van der Waals surface area contributed by atoms with Crippen LogP contribution >= 0.6 is 0 Å². The van der Waals surface area contributed by atoms with Crippen molar-refractivity contribution in [2.24, 2.45) is 0 Å². The lowest BCUT2D eigenvalue weighted by atomic mass is 10.4. The van der Waals surface area contributed by atoms with Crippen LogP contribution in [-0.4, -0.2) is 38.3 Å². The molecule has 0 aliphatic heterocycles. The highest BCUT2D eigenvalue weighted by Crippen LogP contribution is 1.94. The molecule has 0 fully saturated rings. The van der Waals surface area contributed by atoms with Gasteiger partial charge in [-0.25, -0.2) is 0 Å². The van der Waals surface area contributed by atoms with Crippen LogP contribution in [0.15, 0.2) is 12.3 Å². The Hall–Kier alpha value is -0.500. The predicted octanol–water partition coefficient (Wildman–Crippen LogP) is 1.63. The van der Waals surface area contributed by atoms with Gasteiger partial charge in [-0.15, -0.1) is 0 Å². The van der Waals surface area contributed by atoms with E-state index >= 15 is 0 Å². The average molecular weight is 158 g/mol. The lowest BCUT2D eigenvalue weighted by Gasteiger charge is -2.27. The number of ether oxygens (including phenoxy) is 1. The molecule has 0 rings (SSSR count).